The first kappa shape index (κ1) is 7.88. The van der Waals surface area contributed by atoms with Crippen LogP contribution in [0.4, 0.5) is 0 Å². The third-order valence-electron chi connectivity index (χ3n) is 2.81. The lowest BCUT2D eigenvalue weighted by atomic mass is 10.1. The first-order valence-corrected chi connectivity index (χ1v) is 5.94. The predicted molar refractivity (Wildman–Crippen MR) is 54.0 cm³/mol. The fourth-order valence-corrected chi connectivity index (χ4v) is 2.68. The standard InChI is InChI=1S/C9H13N3S/c1-2-10-3-7-4-11-12(9(1)7)8-5-13-6-8/h4,8,10H,1-3,5-6H2. The Kier molecular flexibility index (Phi) is 1.84. The Morgan fingerprint density at radius 2 is 2.46 bits per heavy atom. The molecule has 1 N–H and O–H groups in total. The molecule has 70 valence electrons. The number of hydrogen-bond donors (Lipinski definition) is 1. The minimum Gasteiger partial charge on any atom is -0.312 e. The molecule has 13 heavy (non-hydrogen) atoms. The topological polar surface area (TPSA) is 29.9 Å². The zero-order chi connectivity index (χ0) is 8.67. The summed E-state index contributed by atoms with van der Waals surface area (Å²) in [6, 6.07) is 0.687. The second kappa shape index (κ2) is 3.03. The van der Waals surface area contributed by atoms with Gasteiger partial charge in [0.25, 0.3) is 0 Å². The lowest BCUT2D eigenvalue weighted by Crippen LogP contribution is -2.29. The van der Waals surface area contributed by atoms with Gasteiger partial charge in [-0.05, 0) is 0 Å². The van der Waals surface area contributed by atoms with Crippen molar-refractivity contribution in [3.8, 4) is 0 Å². The van der Waals surface area contributed by atoms with Crippen LogP contribution in [0.25, 0.3) is 0 Å². The van der Waals surface area contributed by atoms with Crippen molar-refractivity contribution in [2.75, 3.05) is 18.1 Å². The number of hydrogen-bond acceptors (Lipinski definition) is 3. The highest BCUT2D eigenvalue weighted by molar-refractivity contribution is 8.00. The normalized spacial score (nSPS) is 22.5. The van der Waals surface area contributed by atoms with E-state index in [0.29, 0.717) is 6.04 Å². The Hall–Kier alpha value is -0.480. The second-order valence-corrected chi connectivity index (χ2v) is 4.75. The van der Waals surface area contributed by atoms with Crippen LogP contribution < -0.4 is 5.32 Å². The van der Waals surface area contributed by atoms with Gasteiger partial charge in [0.1, 0.15) is 0 Å². The van der Waals surface area contributed by atoms with Crippen molar-refractivity contribution < 1.29 is 0 Å². The van der Waals surface area contributed by atoms with Gasteiger partial charge in [0, 0.05) is 42.3 Å². The highest BCUT2D eigenvalue weighted by Crippen LogP contribution is 2.31. The van der Waals surface area contributed by atoms with Crippen molar-refractivity contribution in [3.05, 3.63) is 17.5 Å². The van der Waals surface area contributed by atoms with E-state index in [-0.39, 0.29) is 0 Å². The molecule has 0 amide bonds. The van der Waals surface area contributed by atoms with E-state index in [0.717, 1.165) is 19.5 Å². The Balaban J connectivity index is 1.95. The second-order valence-electron chi connectivity index (χ2n) is 3.68. The predicted octanol–water partition coefficient (Wildman–Crippen LogP) is 0.817. The maximum absolute atomic E-state index is 4.48. The van der Waals surface area contributed by atoms with E-state index in [4.69, 9.17) is 0 Å². The van der Waals surface area contributed by atoms with E-state index >= 15 is 0 Å². The molecule has 1 aromatic heterocycles. The lowest BCUT2D eigenvalue weighted by Gasteiger charge is -2.28. The fraction of sp³-hybridized carbons (Fsp3) is 0.667. The smallest absolute Gasteiger partial charge is 0.0703 e. The Labute approximate surface area is 81.9 Å². The molecule has 3 heterocycles. The van der Waals surface area contributed by atoms with Gasteiger partial charge in [0.2, 0.25) is 0 Å². The maximum Gasteiger partial charge on any atom is 0.0703 e. The number of fused-ring (bicyclic) bond motifs is 1. The van der Waals surface area contributed by atoms with Crippen LogP contribution in [0, 0.1) is 0 Å². The molecule has 1 saturated heterocycles. The summed E-state index contributed by atoms with van der Waals surface area (Å²) in [6.07, 6.45) is 3.18. The minimum absolute atomic E-state index is 0.687. The number of nitrogens with one attached hydrogen (secondary N) is 1. The first-order valence-electron chi connectivity index (χ1n) is 4.79. The molecule has 0 aromatic carbocycles. The molecular weight excluding hydrogens is 182 g/mol. The molecule has 3 nitrogen and oxygen atoms in total. The van der Waals surface area contributed by atoms with Crippen LogP contribution in [-0.2, 0) is 13.0 Å². The van der Waals surface area contributed by atoms with Gasteiger partial charge in [-0.25, -0.2) is 0 Å². The SMILES string of the molecule is c1nn(C2CSC2)c2c1CNCC2. The molecule has 0 radical (unpaired) electrons. The van der Waals surface area contributed by atoms with Crippen molar-refractivity contribution in [1.29, 1.82) is 0 Å². The maximum atomic E-state index is 4.48. The highest BCUT2D eigenvalue weighted by atomic mass is 32.2. The number of thioether (sulfide) groups is 1. The van der Waals surface area contributed by atoms with Gasteiger partial charge in [-0.2, -0.15) is 16.9 Å². The third-order valence-corrected chi connectivity index (χ3v) is 4.05. The minimum atomic E-state index is 0.687. The van der Waals surface area contributed by atoms with Crippen molar-refractivity contribution >= 4 is 11.8 Å². The largest absolute Gasteiger partial charge is 0.312 e. The molecule has 1 fully saturated rings. The molecule has 2 aliphatic rings. The van der Waals surface area contributed by atoms with E-state index < -0.39 is 0 Å². The van der Waals surface area contributed by atoms with Gasteiger partial charge in [-0.15, -0.1) is 0 Å². The average molecular weight is 195 g/mol. The van der Waals surface area contributed by atoms with Crippen molar-refractivity contribution in [2.45, 2.75) is 19.0 Å². The Morgan fingerprint density at radius 1 is 1.54 bits per heavy atom. The third kappa shape index (κ3) is 1.20. The van der Waals surface area contributed by atoms with Gasteiger partial charge in [-0.3, -0.25) is 4.68 Å². The number of rotatable bonds is 1. The van der Waals surface area contributed by atoms with Crippen molar-refractivity contribution in [1.82, 2.24) is 15.1 Å². The first-order chi connectivity index (χ1) is 6.45. The van der Waals surface area contributed by atoms with E-state index in [2.05, 4.69) is 15.1 Å². The van der Waals surface area contributed by atoms with Crippen LogP contribution in [0.15, 0.2) is 6.20 Å². The lowest BCUT2D eigenvalue weighted by molar-refractivity contribution is 0.489. The summed E-state index contributed by atoms with van der Waals surface area (Å²) in [5.41, 5.74) is 2.88. The molecule has 0 aliphatic carbocycles. The van der Waals surface area contributed by atoms with Crippen LogP contribution in [0.3, 0.4) is 0 Å². The van der Waals surface area contributed by atoms with E-state index in [1.165, 1.54) is 22.8 Å². The van der Waals surface area contributed by atoms with E-state index in [9.17, 15) is 0 Å². The van der Waals surface area contributed by atoms with Crippen molar-refractivity contribution in [3.63, 3.8) is 0 Å². The van der Waals surface area contributed by atoms with Gasteiger partial charge in [0.15, 0.2) is 0 Å². The molecule has 0 bridgehead atoms. The fourth-order valence-electron chi connectivity index (χ4n) is 1.95. The quantitative estimate of drug-likeness (QED) is 0.719. The number of aromatic nitrogens is 2. The van der Waals surface area contributed by atoms with Crippen LogP contribution in [0.2, 0.25) is 0 Å². The summed E-state index contributed by atoms with van der Waals surface area (Å²) in [4.78, 5) is 0. The van der Waals surface area contributed by atoms with Crippen molar-refractivity contribution in [2.24, 2.45) is 0 Å². The molecule has 0 unspecified atom stereocenters. The molecule has 0 spiro atoms. The Morgan fingerprint density at radius 3 is 3.23 bits per heavy atom. The van der Waals surface area contributed by atoms with Crippen LogP contribution >= 0.6 is 11.8 Å². The molecule has 4 heteroatoms. The zero-order valence-corrected chi connectivity index (χ0v) is 8.31. The summed E-state index contributed by atoms with van der Waals surface area (Å²) in [6.45, 7) is 2.12. The van der Waals surface area contributed by atoms with E-state index in [1.54, 1.807) is 0 Å². The van der Waals surface area contributed by atoms with Gasteiger partial charge in [-0.1, -0.05) is 0 Å². The molecule has 3 rings (SSSR count). The molecule has 2 aliphatic heterocycles. The van der Waals surface area contributed by atoms with E-state index in [1.807, 2.05) is 18.0 Å². The molecule has 0 atom stereocenters. The van der Waals surface area contributed by atoms with Gasteiger partial charge < -0.3 is 5.32 Å². The summed E-state index contributed by atoms with van der Waals surface area (Å²) in [5.74, 6) is 2.50. The summed E-state index contributed by atoms with van der Waals surface area (Å²) < 4.78 is 2.26. The highest BCUT2D eigenvalue weighted by Gasteiger charge is 2.25. The van der Waals surface area contributed by atoms with Crippen LogP contribution in [0.1, 0.15) is 17.3 Å². The molecular formula is C9H13N3S. The summed E-state index contributed by atoms with van der Waals surface area (Å²) in [5, 5.41) is 7.85. The average Bonchev–Trinajstić information content (AvgIpc) is 2.47. The van der Waals surface area contributed by atoms with Crippen LogP contribution in [0.5, 0.6) is 0 Å². The van der Waals surface area contributed by atoms with Gasteiger partial charge >= 0.3 is 0 Å². The number of nitrogens with zero attached hydrogens (tertiary/aromatic N) is 2. The molecule has 1 aromatic rings. The molecule has 0 saturated carbocycles. The monoisotopic (exact) mass is 195 g/mol. The Bertz CT molecular complexity index is 317. The van der Waals surface area contributed by atoms with Gasteiger partial charge in [0.05, 0.1) is 12.2 Å². The zero-order valence-electron chi connectivity index (χ0n) is 7.49. The summed E-state index contributed by atoms with van der Waals surface area (Å²) in [7, 11) is 0. The summed E-state index contributed by atoms with van der Waals surface area (Å²) >= 11 is 2.02. The van der Waals surface area contributed by atoms with Crippen LogP contribution in [-0.4, -0.2) is 27.8 Å².